The molecule has 7 heavy (non-hydrogen) atoms. The Morgan fingerprint density at radius 2 is 2.57 bits per heavy atom. The Hall–Kier alpha value is -0.240. The number of ether oxygens (including phenoxy) is 1. The van der Waals surface area contributed by atoms with Crippen LogP contribution in [-0.4, -0.2) is 6.61 Å². The third-order valence-electron chi connectivity index (χ3n) is 0.339. The summed E-state index contributed by atoms with van der Waals surface area (Å²) < 4.78 is 15.8. The lowest BCUT2D eigenvalue weighted by atomic mass is 10.9. The van der Waals surface area contributed by atoms with Gasteiger partial charge in [-0.05, 0) is 18.5 Å². The Labute approximate surface area is 46.7 Å². The van der Waals surface area contributed by atoms with Crippen LogP contribution >= 0.6 is 11.6 Å². The molecule has 0 rings (SSSR count). The van der Waals surface area contributed by atoms with Crippen LogP contribution in [0.3, 0.4) is 0 Å². The summed E-state index contributed by atoms with van der Waals surface area (Å²) in [5.74, 6) is 0. The van der Waals surface area contributed by atoms with Gasteiger partial charge in [0.05, 0.1) is 6.61 Å². The van der Waals surface area contributed by atoms with E-state index in [0.29, 0.717) is 6.61 Å². The maximum atomic E-state index is 11.4. The van der Waals surface area contributed by atoms with Gasteiger partial charge in [0.2, 0.25) is 5.29 Å². The van der Waals surface area contributed by atoms with Crippen LogP contribution in [0.15, 0.2) is 11.5 Å². The van der Waals surface area contributed by atoms with Crippen molar-refractivity contribution in [3.05, 3.63) is 11.5 Å². The molecule has 0 N–H and O–H groups in total. The second-order valence-electron chi connectivity index (χ2n) is 0.863. The molecule has 0 spiro atoms. The van der Waals surface area contributed by atoms with E-state index in [-0.39, 0.29) is 0 Å². The van der Waals surface area contributed by atoms with Crippen LogP contribution in [-0.2, 0) is 4.74 Å². The van der Waals surface area contributed by atoms with E-state index in [0.717, 1.165) is 6.26 Å². The highest BCUT2D eigenvalue weighted by molar-refractivity contribution is 6.27. The zero-order valence-corrected chi connectivity index (χ0v) is 4.70. The van der Waals surface area contributed by atoms with E-state index in [4.69, 9.17) is 11.6 Å². The Kier molecular flexibility index (Phi) is 3.80. The van der Waals surface area contributed by atoms with Gasteiger partial charge in [0, 0.05) is 0 Å². The van der Waals surface area contributed by atoms with Crippen molar-refractivity contribution in [3.63, 3.8) is 0 Å². The maximum absolute atomic E-state index is 11.4. The summed E-state index contributed by atoms with van der Waals surface area (Å²) >= 11 is 4.73. The van der Waals surface area contributed by atoms with Crippen molar-refractivity contribution < 1.29 is 9.13 Å². The van der Waals surface area contributed by atoms with Crippen molar-refractivity contribution in [3.8, 4) is 0 Å². The third kappa shape index (κ3) is 5.76. The minimum absolute atomic E-state index is 0.445. The highest BCUT2D eigenvalue weighted by atomic mass is 35.5. The van der Waals surface area contributed by atoms with Crippen LogP contribution in [0.5, 0.6) is 0 Å². The van der Waals surface area contributed by atoms with E-state index in [1.165, 1.54) is 0 Å². The molecule has 0 fully saturated rings. The van der Waals surface area contributed by atoms with Gasteiger partial charge < -0.3 is 4.74 Å². The Balaban J connectivity index is 3.08. The van der Waals surface area contributed by atoms with Gasteiger partial charge >= 0.3 is 0 Å². The smallest absolute Gasteiger partial charge is 0.223 e. The molecule has 1 nitrogen and oxygen atoms in total. The molecule has 0 atom stereocenters. The van der Waals surface area contributed by atoms with Crippen molar-refractivity contribution in [1.82, 2.24) is 0 Å². The van der Waals surface area contributed by atoms with E-state index >= 15 is 0 Å². The molecule has 0 aliphatic heterocycles. The second kappa shape index (κ2) is 3.93. The minimum Gasteiger partial charge on any atom is -0.497 e. The summed E-state index contributed by atoms with van der Waals surface area (Å²) in [6, 6.07) is 0. The molecular formula is C4H6ClFO. The lowest BCUT2D eigenvalue weighted by Crippen LogP contribution is -1.75. The van der Waals surface area contributed by atoms with E-state index in [2.05, 4.69) is 4.74 Å². The number of rotatable bonds is 2. The lowest BCUT2D eigenvalue weighted by Gasteiger charge is -1.88. The van der Waals surface area contributed by atoms with Crippen molar-refractivity contribution in [2.75, 3.05) is 6.61 Å². The average molecular weight is 125 g/mol. The van der Waals surface area contributed by atoms with Gasteiger partial charge in [-0.15, -0.1) is 0 Å². The van der Waals surface area contributed by atoms with Crippen LogP contribution < -0.4 is 0 Å². The molecule has 0 bridgehead atoms. The fourth-order valence-corrected chi connectivity index (χ4v) is 0.209. The molecule has 0 radical (unpaired) electrons. The average Bonchev–Trinajstić information content (AvgIpc) is 1.61. The Morgan fingerprint density at radius 3 is 2.71 bits per heavy atom. The Bertz CT molecular complexity index is 68.1. The first-order valence-electron chi connectivity index (χ1n) is 1.90. The Morgan fingerprint density at radius 1 is 2.00 bits per heavy atom. The first kappa shape index (κ1) is 6.76. The molecule has 0 aromatic carbocycles. The van der Waals surface area contributed by atoms with Gasteiger partial charge in [-0.3, -0.25) is 0 Å². The predicted molar refractivity (Wildman–Crippen MR) is 26.7 cm³/mol. The third-order valence-corrected chi connectivity index (χ3v) is 0.428. The van der Waals surface area contributed by atoms with Crippen molar-refractivity contribution >= 4 is 11.6 Å². The first-order chi connectivity index (χ1) is 3.27. The van der Waals surface area contributed by atoms with E-state index in [9.17, 15) is 4.39 Å². The quantitative estimate of drug-likeness (QED) is 0.512. The molecule has 0 aromatic rings. The molecule has 0 amide bonds. The summed E-state index contributed by atoms with van der Waals surface area (Å²) in [6.07, 6.45) is 0.863. The van der Waals surface area contributed by atoms with Gasteiger partial charge in [0.25, 0.3) is 0 Å². The van der Waals surface area contributed by atoms with Crippen LogP contribution in [0.2, 0.25) is 0 Å². The van der Waals surface area contributed by atoms with Crippen molar-refractivity contribution in [2.45, 2.75) is 6.92 Å². The number of halogens is 2. The fraction of sp³-hybridized carbons (Fsp3) is 0.500. The van der Waals surface area contributed by atoms with Gasteiger partial charge in [-0.25, -0.2) is 0 Å². The van der Waals surface area contributed by atoms with Gasteiger partial charge in [0.15, 0.2) is 0 Å². The molecule has 0 heterocycles. The molecular weight excluding hydrogens is 118 g/mol. The van der Waals surface area contributed by atoms with Crippen molar-refractivity contribution in [1.29, 1.82) is 0 Å². The van der Waals surface area contributed by atoms with Crippen LogP contribution in [0.25, 0.3) is 0 Å². The SMILES string of the molecule is CCOC=C(F)Cl. The molecule has 0 saturated carbocycles. The molecule has 42 valence electrons. The maximum Gasteiger partial charge on any atom is 0.223 e. The molecule has 0 aromatic heterocycles. The van der Waals surface area contributed by atoms with Crippen LogP contribution in [0.1, 0.15) is 6.92 Å². The highest BCUT2D eigenvalue weighted by Crippen LogP contribution is 2.00. The van der Waals surface area contributed by atoms with Crippen molar-refractivity contribution in [2.24, 2.45) is 0 Å². The zero-order chi connectivity index (χ0) is 5.70. The van der Waals surface area contributed by atoms with E-state index in [1.807, 2.05) is 0 Å². The summed E-state index contributed by atoms with van der Waals surface area (Å²) in [5.41, 5.74) is 0. The molecule has 0 unspecified atom stereocenters. The molecule has 0 saturated heterocycles. The lowest BCUT2D eigenvalue weighted by molar-refractivity contribution is 0.262. The summed E-state index contributed by atoms with van der Waals surface area (Å²) in [4.78, 5) is 0. The van der Waals surface area contributed by atoms with Gasteiger partial charge in [0.1, 0.15) is 6.26 Å². The fourth-order valence-electron chi connectivity index (χ4n) is 0.146. The summed E-state index contributed by atoms with van der Waals surface area (Å²) in [5, 5.41) is -0.818. The van der Waals surface area contributed by atoms with E-state index in [1.54, 1.807) is 6.92 Å². The number of hydrogen-bond acceptors (Lipinski definition) is 1. The zero-order valence-electron chi connectivity index (χ0n) is 3.95. The molecule has 0 aliphatic carbocycles. The normalized spacial score (nSPS) is 11.6. The molecule has 0 aliphatic rings. The highest BCUT2D eigenvalue weighted by Gasteiger charge is 1.80. The topological polar surface area (TPSA) is 9.23 Å². The number of hydrogen-bond donors (Lipinski definition) is 0. The van der Waals surface area contributed by atoms with E-state index < -0.39 is 5.29 Å². The van der Waals surface area contributed by atoms with Crippen LogP contribution in [0, 0.1) is 0 Å². The first-order valence-corrected chi connectivity index (χ1v) is 2.28. The largest absolute Gasteiger partial charge is 0.497 e. The van der Waals surface area contributed by atoms with Crippen LogP contribution in [0.4, 0.5) is 4.39 Å². The predicted octanol–water partition coefficient (Wildman–Crippen LogP) is 2.03. The second-order valence-corrected chi connectivity index (χ2v) is 1.22. The van der Waals surface area contributed by atoms with Gasteiger partial charge in [-0.1, -0.05) is 0 Å². The minimum atomic E-state index is -0.818. The monoisotopic (exact) mass is 124 g/mol. The van der Waals surface area contributed by atoms with Gasteiger partial charge in [-0.2, -0.15) is 4.39 Å². The summed E-state index contributed by atoms with van der Waals surface area (Å²) in [6.45, 7) is 2.19. The molecule has 3 heteroatoms. The summed E-state index contributed by atoms with van der Waals surface area (Å²) in [7, 11) is 0. The standard InChI is InChI=1S/C4H6ClFO/c1-2-7-3-4(5)6/h3H,2H2,1H3.